The standard InChI is InChI=1S/C24H25FN2O3S/c1-15-11-16(2)13-22(12-15)27-31(29,30)23-14-20(6-5-17(23)3)24(28)26-18(4)19-7-9-21(25)10-8-19/h5-14,18,27H,1-4H3,(H,26,28)/t18-/m0/s1. The van der Waals surface area contributed by atoms with Gasteiger partial charge in [-0.2, -0.15) is 0 Å². The average molecular weight is 441 g/mol. The van der Waals surface area contributed by atoms with E-state index in [1.807, 2.05) is 19.9 Å². The van der Waals surface area contributed by atoms with Gasteiger partial charge < -0.3 is 5.32 Å². The van der Waals surface area contributed by atoms with Crippen LogP contribution < -0.4 is 10.0 Å². The number of carbonyl (C=O) groups excluding carboxylic acids is 1. The van der Waals surface area contributed by atoms with Crippen molar-refractivity contribution in [1.29, 1.82) is 0 Å². The summed E-state index contributed by atoms with van der Waals surface area (Å²) in [5.74, 6) is -0.772. The number of halogens is 1. The van der Waals surface area contributed by atoms with Gasteiger partial charge in [0.2, 0.25) is 0 Å². The third-order valence-corrected chi connectivity index (χ3v) is 6.45. The predicted octanol–water partition coefficient (Wildman–Crippen LogP) is 5.04. The molecule has 3 rings (SSSR count). The van der Waals surface area contributed by atoms with E-state index >= 15 is 0 Å². The first-order chi connectivity index (χ1) is 14.5. The van der Waals surface area contributed by atoms with Crippen LogP contribution in [0.4, 0.5) is 10.1 Å². The SMILES string of the molecule is Cc1cc(C)cc(NS(=O)(=O)c2cc(C(=O)N[C@@H](C)c3ccc(F)cc3)ccc2C)c1. The maximum atomic E-state index is 13.1. The highest BCUT2D eigenvalue weighted by molar-refractivity contribution is 7.92. The van der Waals surface area contributed by atoms with Gasteiger partial charge in [0.15, 0.2) is 0 Å². The van der Waals surface area contributed by atoms with Crippen molar-refractivity contribution in [3.63, 3.8) is 0 Å². The lowest BCUT2D eigenvalue weighted by Gasteiger charge is -2.16. The van der Waals surface area contributed by atoms with E-state index in [9.17, 15) is 17.6 Å². The Morgan fingerprint density at radius 1 is 0.903 bits per heavy atom. The summed E-state index contributed by atoms with van der Waals surface area (Å²) in [4.78, 5) is 12.8. The number of carbonyl (C=O) groups is 1. The Balaban J connectivity index is 1.84. The predicted molar refractivity (Wildman–Crippen MR) is 120 cm³/mol. The molecule has 3 aromatic rings. The quantitative estimate of drug-likeness (QED) is 0.564. The Labute approximate surface area is 182 Å². The van der Waals surface area contributed by atoms with E-state index in [0.29, 0.717) is 11.3 Å². The lowest BCUT2D eigenvalue weighted by Crippen LogP contribution is -2.27. The molecule has 0 heterocycles. The monoisotopic (exact) mass is 440 g/mol. The molecule has 5 nitrogen and oxygen atoms in total. The Bertz CT molecular complexity index is 1200. The van der Waals surface area contributed by atoms with E-state index in [1.54, 1.807) is 50.2 Å². The summed E-state index contributed by atoms with van der Waals surface area (Å²) in [6.07, 6.45) is 0. The molecule has 1 atom stereocenters. The molecule has 0 unspecified atom stereocenters. The zero-order chi connectivity index (χ0) is 22.8. The molecule has 0 bridgehead atoms. The van der Waals surface area contributed by atoms with Crippen molar-refractivity contribution >= 4 is 21.6 Å². The number of amides is 1. The van der Waals surface area contributed by atoms with Crippen molar-refractivity contribution in [3.8, 4) is 0 Å². The van der Waals surface area contributed by atoms with Gasteiger partial charge in [-0.15, -0.1) is 0 Å². The molecule has 0 aromatic heterocycles. The Morgan fingerprint density at radius 3 is 2.13 bits per heavy atom. The summed E-state index contributed by atoms with van der Waals surface area (Å²) in [6, 6.07) is 15.5. The van der Waals surface area contributed by atoms with E-state index in [1.165, 1.54) is 18.2 Å². The van der Waals surface area contributed by atoms with Crippen LogP contribution in [0.25, 0.3) is 0 Å². The normalized spacial score (nSPS) is 12.3. The van der Waals surface area contributed by atoms with Gasteiger partial charge in [0.1, 0.15) is 5.82 Å². The number of sulfonamides is 1. The van der Waals surface area contributed by atoms with Crippen molar-refractivity contribution in [1.82, 2.24) is 5.32 Å². The number of anilines is 1. The van der Waals surface area contributed by atoms with Crippen LogP contribution in [-0.2, 0) is 10.0 Å². The third-order valence-electron chi connectivity index (χ3n) is 4.93. The van der Waals surface area contributed by atoms with Gasteiger partial charge in [0, 0.05) is 11.3 Å². The van der Waals surface area contributed by atoms with Gasteiger partial charge in [-0.3, -0.25) is 9.52 Å². The van der Waals surface area contributed by atoms with Crippen LogP contribution >= 0.6 is 0 Å². The highest BCUT2D eigenvalue weighted by Gasteiger charge is 2.20. The summed E-state index contributed by atoms with van der Waals surface area (Å²) in [5, 5.41) is 2.82. The molecule has 0 aliphatic carbocycles. The van der Waals surface area contributed by atoms with Gasteiger partial charge in [-0.1, -0.05) is 24.3 Å². The van der Waals surface area contributed by atoms with Gasteiger partial charge in [0.25, 0.3) is 15.9 Å². The first-order valence-corrected chi connectivity index (χ1v) is 11.3. The van der Waals surface area contributed by atoms with Crippen LogP contribution in [0.2, 0.25) is 0 Å². The molecule has 162 valence electrons. The molecular weight excluding hydrogens is 415 g/mol. The first kappa shape index (κ1) is 22.5. The maximum Gasteiger partial charge on any atom is 0.262 e. The Morgan fingerprint density at radius 2 is 1.52 bits per heavy atom. The smallest absolute Gasteiger partial charge is 0.262 e. The van der Waals surface area contributed by atoms with Crippen LogP contribution in [0, 0.1) is 26.6 Å². The molecule has 0 fully saturated rings. The first-order valence-electron chi connectivity index (χ1n) is 9.83. The third kappa shape index (κ3) is 5.49. The summed E-state index contributed by atoms with van der Waals surface area (Å²) in [7, 11) is -3.89. The molecule has 31 heavy (non-hydrogen) atoms. The fourth-order valence-corrected chi connectivity index (χ4v) is 4.70. The number of nitrogens with one attached hydrogen (secondary N) is 2. The van der Waals surface area contributed by atoms with Crippen molar-refractivity contribution < 1.29 is 17.6 Å². The highest BCUT2D eigenvalue weighted by Crippen LogP contribution is 2.23. The second-order valence-electron chi connectivity index (χ2n) is 7.71. The van der Waals surface area contributed by atoms with Gasteiger partial charge in [-0.05, 0) is 86.3 Å². The zero-order valence-electron chi connectivity index (χ0n) is 17.9. The van der Waals surface area contributed by atoms with Crippen LogP contribution in [-0.4, -0.2) is 14.3 Å². The Hall–Kier alpha value is -3.19. The maximum absolute atomic E-state index is 13.1. The molecule has 0 aliphatic rings. The second-order valence-corrected chi connectivity index (χ2v) is 9.36. The summed E-state index contributed by atoms with van der Waals surface area (Å²) < 4.78 is 41.8. The van der Waals surface area contributed by atoms with E-state index in [0.717, 1.165) is 16.7 Å². The average Bonchev–Trinajstić information content (AvgIpc) is 2.67. The number of hydrogen-bond donors (Lipinski definition) is 2. The topological polar surface area (TPSA) is 75.3 Å². The lowest BCUT2D eigenvalue weighted by molar-refractivity contribution is 0.0939. The van der Waals surface area contributed by atoms with Gasteiger partial charge in [0.05, 0.1) is 10.9 Å². The lowest BCUT2D eigenvalue weighted by atomic mass is 10.1. The van der Waals surface area contributed by atoms with Crippen LogP contribution in [0.5, 0.6) is 0 Å². The molecule has 2 N–H and O–H groups in total. The van der Waals surface area contributed by atoms with Crippen LogP contribution in [0.3, 0.4) is 0 Å². The van der Waals surface area contributed by atoms with Crippen LogP contribution in [0.1, 0.15) is 45.6 Å². The largest absolute Gasteiger partial charge is 0.346 e. The number of benzene rings is 3. The molecule has 0 radical (unpaired) electrons. The minimum Gasteiger partial charge on any atom is -0.346 e. The Kier molecular flexibility index (Phi) is 6.45. The molecular formula is C24H25FN2O3S. The van der Waals surface area contributed by atoms with E-state index in [4.69, 9.17) is 0 Å². The van der Waals surface area contributed by atoms with Gasteiger partial charge in [-0.25, -0.2) is 12.8 Å². The summed E-state index contributed by atoms with van der Waals surface area (Å²) >= 11 is 0. The minimum absolute atomic E-state index is 0.0359. The van der Waals surface area contributed by atoms with E-state index in [-0.39, 0.29) is 22.3 Å². The van der Waals surface area contributed by atoms with Gasteiger partial charge >= 0.3 is 0 Å². The molecule has 1 amide bonds. The number of rotatable bonds is 6. The fourth-order valence-electron chi connectivity index (χ4n) is 3.39. The van der Waals surface area contributed by atoms with E-state index in [2.05, 4.69) is 10.0 Å². The molecule has 0 saturated carbocycles. The van der Waals surface area contributed by atoms with Crippen molar-refractivity contribution in [3.05, 3.63) is 94.3 Å². The number of aryl methyl sites for hydroxylation is 3. The van der Waals surface area contributed by atoms with Crippen molar-refractivity contribution in [2.24, 2.45) is 0 Å². The summed E-state index contributed by atoms with van der Waals surface area (Å²) in [5.41, 5.74) is 3.85. The molecule has 0 spiro atoms. The van der Waals surface area contributed by atoms with E-state index < -0.39 is 15.9 Å². The molecule has 0 saturated heterocycles. The number of hydrogen-bond acceptors (Lipinski definition) is 3. The fraction of sp³-hybridized carbons (Fsp3) is 0.208. The molecule has 3 aromatic carbocycles. The molecule has 7 heteroatoms. The van der Waals surface area contributed by atoms with Crippen molar-refractivity contribution in [2.75, 3.05) is 4.72 Å². The zero-order valence-corrected chi connectivity index (χ0v) is 18.7. The summed E-state index contributed by atoms with van der Waals surface area (Å²) in [6.45, 7) is 7.24. The van der Waals surface area contributed by atoms with Crippen molar-refractivity contribution in [2.45, 2.75) is 38.6 Å². The minimum atomic E-state index is -3.89. The second kappa shape index (κ2) is 8.89. The van der Waals surface area contributed by atoms with Crippen LogP contribution in [0.15, 0.2) is 65.6 Å². The molecule has 0 aliphatic heterocycles. The highest BCUT2D eigenvalue weighted by atomic mass is 32.2.